The van der Waals surface area contributed by atoms with Gasteiger partial charge in [0.15, 0.2) is 16.1 Å². The van der Waals surface area contributed by atoms with Crippen LogP contribution in [0.15, 0.2) is 108 Å². The van der Waals surface area contributed by atoms with Gasteiger partial charge >= 0.3 is 11.5 Å². The second-order valence-corrected chi connectivity index (χ2v) is 15.6. The maximum Gasteiger partial charge on any atom is 0.483 e. The Morgan fingerprint density at radius 3 is 2.12 bits per heavy atom. The van der Waals surface area contributed by atoms with Crippen LogP contribution in [0.4, 0.5) is 30.2 Å². The van der Waals surface area contributed by atoms with Crippen molar-refractivity contribution in [2.45, 2.75) is 66.1 Å². The summed E-state index contributed by atoms with van der Waals surface area (Å²) >= 11 is 0. The Kier molecular flexibility index (Phi) is 10.9. The summed E-state index contributed by atoms with van der Waals surface area (Å²) in [6.45, 7) is 13.5. The average Bonchev–Trinajstić information content (AvgIpc) is 3.11. The molecule has 0 unspecified atom stereocenters. The highest BCUT2D eigenvalue weighted by Gasteiger charge is 2.40. The molecule has 6 rings (SSSR count). The van der Waals surface area contributed by atoms with Gasteiger partial charge in [0.25, 0.3) is 0 Å². The molecule has 1 aliphatic carbocycles. The summed E-state index contributed by atoms with van der Waals surface area (Å²) in [7, 11) is -6.12. The number of aryl methyl sites for hydroxylation is 2. The molecule has 0 saturated heterocycles. The van der Waals surface area contributed by atoms with Crippen LogP contribution in [0.2, 0.25) is 0 Å². The Labute approximate surface area is 323 Å². The Hall–Kier alpha value is -5.95. The third-order valence-corrected chi connectivity index (χ3v) is 10.2. The first-order valence-corrected chi connectivity index (χ1v) is 19.3. The Bertz CT molecular complexity index is 2630. The number of amides is 1. The van der Waals surface area contributed by atoms with Gasteiger partial charge in [0, 0.05) is 70.2 Å². The quantitative estimate of drug-likeness (QED) is 0.0621. The minimum Gasteiger partial charge on any atom is -0.534 e. The fourth-order valence-electron chi connectivity index (χ4n) is 6.93. The van der Waals surface area contributed by atoms with E-state index in [9.17, 15) is 31.2 Å². The number of alkyl halides is 3. The third-order valence-electron chi connectivity index (χ3n) is 9.19. The van der Waals surface area contributed by atoms with Crippen LogP contribution in [0.3, 0.4) is 0 Å². The van der Waals surface area contributed by atoms with Crippen LogP contribution in [0.5, 0.6) is 5.75 Å². The van der Waals surface area contributed by atoms with E-state index in [0.29, 0.717) is 33.6 Å². The SMILES string of the molecule is CC(=O)Oc1ccc(N(c2ccc3c(-c4ccccc4C(=O)[N-]S(=O)(=O)C(F)(F)F)c4ccc(=[N+](c5ccc(C)cc5C)C(C)C)cc-4oc3c2)C(C)C)cc1. The standard InChI is InChI=1S/C43H40F3N3O6S/c1-25(2)48(30-13-17-33(18-14-30)54-29(7)50)31-15-19-36-39(23-31)55-40-24-32(49(26(3)4)38-21-12-27(5)22-28(38)6)16-20-37(40)41(36)34-10-8-9-11-35(34)42(51)47-56(52,53)43(44,45)46/h8-26H,1-7H3. The number of hydrogen-bond acceptors (Lipinski definition) is 7. The van der Waals surface area contributed by atoms with Crippen molar-refractivity contribution in [3.8, 4) is 28.2 Å². The lowest BCUT2D eigenvalue weighted by molar-refractivity contribution is -0.131. The molecule has 0 spiro atoms. The highest BCUT2D eigenvalue weighted by molar-refractivity contribution is 7.95. The van der Waals surface area contributed by atoms with Crippen LogP contribution in [-0.2, 0) is 14.8 Å². The molecule has 4 aromatic rings. The molecule has 2 aliphatic rings. The molecule has 56 heavy (non-hydrogen) atoms. The zero-order valence-electron chi connectivity index (χ0n) is 31.8. The summed E-state index contributed by atoms with van der Waals surface area (Å²) in [5.41, 5.74) is 0.129. The first-order chi connectivity index (χ1) is 26.4. The van der Waals surface area contributed by atoms with Gasteiger partial charge in [-0.25, -0.2) is 8.42 Å². The third kappa shape index (κ3) is 7.90. The molecule has 1 heterocycles. The van der Waals surface area contributed by atoms with Gasteiger partial charge in [0.05, 0.1) is 12.0 Å². The number of carbonyl (C=O) groups excluding carboxylic acids is 2. The monoisotopic (exact) mass is 783 g/mol. The molecular formula is C43H40F3N3O6S. The summed E-state index contributed by atoms with van der Waals surface area (Å²) < 4.78 is 80.8. The van der Waals surface area contributed by atoms with Crippen LogP contribution >= 0.6 is 0 Å². The van der Waals surface area contributed by atoms with Crippen molar-refractivity contribution in [2.24, 2.45) is 0 Å². The summed E-state index contributed by atoms with van der Waals surface area (Å²) in [6, 6.07) is 30.1. The minimum atomic E-state index is -6.12. The second-order valence-electron chi connectivity index (χ2n) is 14.0. The molecule has 0 N–H and O–H groups in total. The van der Waals surface area contributed by atoms with Gasteiger partial charge in [-0.1, -0.05) is 35.9 Å². The molecule has 1 aliphatic heterocycles. The predicted molar refractivity (Wildman–Crippen MR) is 212 cm³/mol. The lowest BCUT2D eigenvalue weighted by Gasteiger charge is -2.30. The van der Waals surface area contributed by atoms with Gasteiger partial charge in [-0.3, -0.25) is 4.79 Å². The van der Waals surface area contributed by atoms with E-state index >= 15 is 0 Å². The number of ether oxygens (including phenoxy) is 1. The lowest BCUT2D eigenvalue weighted by Crippen LogP contribution is -2.32. The maximum absolute atomic E-state index is 13.4. The molecule has 0 fully saturated rings. The summed E-state index contributed by atoms with van der Waals surface area (Å²) in [5, 5.41) is 1.31. The van der Waals surface area contributed by atoms with Crippen molar-refractivity contribution >= 4 is 49.9 Å². The second kappa shape index (κ2) is 15.3. The molecule has 13 heteroatoms. The van der Waals surface area contributed by atoms with Gasteiger partial charge in [0.2, 0.25) is 11.0 Å². The number of nitrogens with zero attached hydrogens (tertiary/aromatic N) is 3. The summed E-state index contributed by atoms with van der Waals surface area (Å²) in [6.07, 6.45) is 0. The normalized spacial score (nSPS) is 12.6. The van der Waals surface area contributed by atoms with Crippen molar-refractivity contribution in [3.63, 3.8) is 0 Å². The molecule has 0 aromatic heterocycles. The Morgan fingerprint density at radius 2 is 1.50 bits per heavy atom. The number of hydrogen-bond donors (Lipinski definition) is 0. The van der Waals surface area contributed by atoms with Crippen LogP contribution in [0.1, 0.15) is 56.1 Å². The number of halogens is 3. The Balaban J connectivity index is 1.64. The van der Waals surface area contributed by atoms with Crippen molar-refractivity contribution in [2.75, 3.05) is 4.90 Å². The first-order valence-electron chi connectivity index (χ1n) is 17.8. The molecule has 9 nitrogen and oxygen atoms in total. The van der Waals surface area contributed by atoms with Crippen molar-refractivity contribution in [1.82, 2.24) is 4.58 Å². The highest BCUT2D eigenvalue weighted by Crippen LogP contribution is 2.44. The van der Waals surface area contributed by atoms with E-state index in [1.54, 1.807) is 30.3 Å². The smallest absolute Gasteiger partial charge is 0.483 e. The van der Waals surface area contributed by atoms with Gasteiger partial charge in [0.1, 0.15) is 17.1 Å². The number of anilines is 2. The van der Waals surface area contributed by atoms with Crippen LogP contribution in [0.25, 0.3) is 38.1 Å². The summed E-state index contributed by atoms with van der Waals surface area (Å²) in [4.78, 5) is 26.9. The van der Waals surface area contributed by atoms with Crippen LogP contribution in [0, 0.1) is 13.8 Å². The van der Waals surface area contributed by atoms with Crippen molar-refractivity contribution in [1.29, 1.82) is 0 Å². The lowest BCUT2D eigenvalue weighted by atomic mass is 9.90. The molecular weight excluding hydrogens is 744 g/mol. The predicted octanol–water partition coefficient (Wildman–Crippen LogP) is 10.2. The topological polar surface area (TPSA) is 111 Å². The molecule has 0 saturated carbocycles. The van der Waals surface area contributed by atoms with E-state index in [1.807, 2.05) is 81.1 Å². The van der Waals surface area contributed by atoms with Gasteiger partial charge < -0.3 is 23.6 Å². The van der Waals surface area contributed by atoms with E-state index < -0.39 is 27.4 Å². The fourth-order valence-corrected chi connectivity index (χ4v) is 7.35. The van der Waals surface area contributed by atoms with Gasteiger partial charge in [-0.15, -0.1) is 0 Å². The summed E-state index contributed by atoms with van der Waals surface area (Å²) in [5.74, 6) is -1.20. The zero-order valence-corrected chi connectivity index (χ0v) is 32.6. The first kappa shape index (κ1) is 39.7. The number of esters is 1. The molecule has 1 amide bonds. The van der Waals surface area contributed by atoms with E-state index in [0.717, 1.165) is 33.5 Å². The Morgan fingerprint density at radius 1 is 0.821 bits per heavy atom. The van der Waals surface area contributed by atoms with Crippen molar-refractivity contribution in [3.05, 3.63) is 130 Å². The molecule has 0 radical (unpaired) electrons. The van der Waals surface area contributed by atoms with E-state index in [2.05, 4.69) is 35.3 Å². The van der Waals surface area contributed by atoms with Gasteiger partial charge in [-0.05, 0) is 95.6 Å². The number of rotatable bonds is 9. The molecule has 0 bridgehead atoms. The number of carbonyl (C=O) groups is 2. The number of benzene rings is 5. The largest absolute Gasteiger partial charge is 0.534 e. The molecule has 4 aromatic carbocycles. The fraction of sp³-hybridized carbons (Fsp3) is 0.233. The van der Waals surface area contributed by atoms with E-state index in [-0.39, 0.29) is 23.2 Å². The highest BCUT2D eigenvalue weighted by atomic mass is 32.2. The van der Waals surface area contributed by atoms with Crippen molar-refractivity contribution < 1.29 is 40.3 Å². The van der Waals surface area contributed by atoms with E-state index in [4.69, 9.17) is 9.15 Å². The number of sulfonamides is 1. The minimum absolute atomic E-state index is 0.0164. The van der Waals surface area contributed by atoms with Crippen LogP contribution in [-0.4, -0.2) is 37.9 Å². The maximum atomic E-state index is 13.4. The van der Waals surface area contributed by atoms with E-state index in [1.165, 1.54) is 19.1 Å². The molecule has 0 atom stereocenters. The average molecular weight is 784 g/mol. The van der Waals surface area contributed by atoms with Gasteiger partial charge in [-0.2, -0.15) is 17.7 Å². The zero-order chi connectivity index (χ0) is 40.7. The van der Waals surface area contributed by atoms with Crippen LogP contribution < -0.4 is 19.6 Å². The molecule has 290 valence electrons. The number of fused-ring (bicyclic) bond motifs is 2.